The van der Waals surface area contributed by atoms with Gasteiger partial charge in [0.05, 0.1) is 6.61 Å². The first-order valence-corrected chi connectivity index (χ1v) is 6.94. The van der Waals surface area contributed by atoms with Crippen LogP contribution in [0.3, 0.4) is 0 Å². The summed E-state index contributed by atoms with van der Waals surface area (Å²) >= 11 is 0. The second-order valence-corrected chi connectivity index (χ2v) is 4.92. The number of amidine groups is 1. The maximum Gasteiger partial charge on any atom is 0.192 e. The molecule has 7 nitrogen and oxygen atoms in total. The Balaban J connectivity index is 2.33. The zero-order chi connectivity index (χ0) is 14.4. The summed E-state index contributed by atoms with van der Waals surface area (Å²) in [7, 11) is 0. The van der Waals surface area contributed by atoms with E-state index in [-0.39, 0.29) is 12.4 Å². The lowest BCUT2D eigenvalue weighted by molar-refractivity contribution is 0.289. The molecule has 20 heavy (non-hydrogen) atoms. The Bertz CT molecular complexity index is 460. The van der Waals surface area contributed by atoms with Gasteiger partial charge in [0.1, 0.15) is 0 Å². The van der Waals surface area contributed by atoms with E-state index in [0.717, 1.165) is 12.8 Å². The lowest BCUT2D eigenvalue weighted by atomic mass is 9.94. The van der Waals surface area contributed by atoms with Crippen LogP contribution in [0.1, 0.15) is 37.8 Å². The second kappa shape index (κ2) is 7.04. The smallest absolute Gasteiger partial charge is 0.192 e. The van der Waals surface area contributed by atoms with Crippen molar-refractivity contribution in [2.75, 3.05) is 18.1 Å². The lowest BCUT2D eigenvalue weighted by Crippen LogP contribution is -2.41. The highest BCUT2D eigenvalue weighted by atomic mass is 16.4. The molecule has 0 aromatic carbocycles. The maximum absolute atomic E-state index is 9.31. The largest absolute Gasteiger partial charge is 0.409 e. The highest BCUT2D eigenvalue weighted by Gasteiger charge is 2.25. The average molecular weight is 279 g/mol. The van der Waals surface area contributed by atoms with Crippen LogP contribution in [0, 0.1) is 0 Å². The minimum Gasteiger partial charge on any atom is -0.409 e. The van der Waals surface area contributed by atoms with E-state index in [0.29, 0.717) is 24.1 Å². The van der Waals surface area contributed by atoms with Gasteiger partial charge in [0, 0.05) is 25.0 Å². The molecule has 1 aromatic rings. The van der Waals surface area contributed by atoms with Crippen molar-refractivity contribution in [1.82, 2.24) is 9.97 Å². The minimum absolute atomic E-state index is 0.0304. The van der Waals surface area contributed by atoms with Crippen LogP contribution in [-0.4, -0.2) is 45.3 Å². The van der Waals surface area contributed by atoms with Crippen molar-refractivity contribution in [1.29, 1.82) is 0 Å². The van der Waals surface area contributed by atoms with Crippen LogP contribution in [-0.2, 0) is 0 Å². The number of rotatable bonds is 5. The number of aliphatic hydroxyl groups excluding tert-OH is 1. The molecule has 1 saturated carbocycles. The fourth-order valence-electron chi connectivity index (χ4n) is 2.73. The van der Waals surface area contributed by atoms with Gasteiger partial charge in [-0.15, -0.1) is 0 Å². The molecule has 0 bridgehead atoms. The Morgan fingerprint density at radius 1 is 1.30 bits per heavy atom. The number of hydrogen-bond acceptors (Lipinski definition) is 6. The number of nitrogens with two attached hydrogens (primary N) is 1. The summed E-state index contributed by atoms with van der Waals surface area (Å²) in [5, 5.41) is 21.2. The fraction of sp³-hybridized carbons (Fsp3) is 0.615. The minimum atomic E-state index is -0.0631. The normalized spacial score (nSPS) is 17.1. The van der Waals surface area contributed by atoms with Gasteiger partial charge < -0.3 is 20.9 Å². The summed E-state index contributed by atoms with van der Waals surface area (Å²) in [6.07, 6.45) is 8.80. The Labute approximate surface area is 118 Å². The topological polar surface area (TPSA) is 108 Å². The predicted molar refractivity (Wildman–Crippen MR) is 75.8 cm³/mol. The van der Waals surface area contributed by atoms with Crippen molar-refractivity contribution in [2.24, 2.45) is 10.9 Å². The Morgan fingerprint density at radius 3 is 2.65 bits per heavy atom. The number of oxime groups is 1. The molecule has 0 spiro atoms. The lowest BCUT2D eigenvalue weighted by Gasteiger charge is -2.35. The third kappa shape index (κ3) is 3.16. The van der Waals surface area contributed by atoms with Gasteiger partial charge in [-0.3, -0.25) is 0 Å². The molecule has 4 N–H and O–H groups in total. The van der Waals surface area contributed by atoms with Crippen molar-refractivity contribution in [3.8, 4) is 0 Å². The van der Waals surface area contributed by atoms with Crippen molar-refractivity contribution in [3.63, 3.8) is 0 Å². The number of hydrogen-bond donors (Lipinski definition) is 3. The number of aromatic nitrogens is 2. The van der Waals surface area contributed by atoms with Crippen molar-refractivity contribution < 1.29 is 10.3 Å². The molecule has 0 amide bonds. The van der Waals surface area contributed by atoms with Crippen LogP contribution in [0.5, 0.6) is 0 Å². The van der Waals surface area contributed by atoms with E-state index in [1.54, 1.807) is 6.20 Å². The van der Waals surface area contributed by atoms with Gasteiger partial charge in [-0.05, 0) is 12.8 Å². The number of anilines is 1. The molecule has 0 aliphatic heterocycles. The first kappa shape index (κ1) is 14.5. The molecule has 110 valence electrons. The van der Waals surface area contributed by atoms with Crippen LogP contribution in [0.15, 0.2) is 17.5 Å². The SMILES string of the molecule is NC(=NO)c1nccnc1N(CCO)C1CCCCC1. The molecule has 0 radical (unpaired) electrons. The molecule has 1 aliphatic carbocycles. The van der Waals surface area contributed by atoms with Gasteiger partial charge >= 0.3 is 0 Å². The first-order chi connectivity index (χ1) is 9.77. The molecule has 0 atom stereocenters. The molecule has 1 aliphatic rings. The Hall–Kier alpha value is -1.89. The standard InChI is InChI=1S/C13H21N5O2/c14-12(17-20)11-13(16-7-6-15-11)18(8-9-19)10-4-2-1-3-5-10/h6-7,10,19-20H,1-5,8-9H2,(H2,14,17). The van der Waals surface area contributed by atoms with E-state index >= 15 is 0 Å². The van der Waals surface area contributed by atoms with E-state index in [1.165, 1.54) is 25.5 Å². The van der Waals surface area contributed by atoms with E-state index in [4.69, 9.17) is 10.9 Å². The van der Waals surface area contributed by atoms with E-state index in [2.05, 4.69) is 15.1 Å². The highest BCUT2D eigenvalue weighted by Crippen LogP contribution is 2.27. The summed E-state index contributed by atoms with van der Waals surface area (Å²) in [4.78, 5) is 10.5. The molecule has 1 fully saturated rings. The molecule has 2 rings (SSSR count). The van der Waals surface area contributed by atoms with Crippen molar-refractivity contribution >= 4 is 11.7 Å². The zero-order valence-corrected chi connectivity index (χ0v) is 11.4. The van der Waals surface area contributed by atoms with Gasteiger partial charge in [-0.25, -0.2) is 9.97 Å². The molecular formula is C13H21N5O2. The molecule has 0 saturated heterocycles. The van der Waals surface area contributed by atoms with Crippen LogP contribution in [0.25, 0.3) is 0 Å². The first-order valence-electron chi connectivity index (χ1n) is 6.94. The number of nitrogens with zero attached hydrogens (tertiary/aromatic N) is 4. The van der Waals surface area contributed by atoms with Gasteiger partial charge in [-0.2, -0.15) is 0 Å². The van der Waals surface area contributed by atoms with Crippen molar-refractivity contribution in [2.45, 2.75) is 38.1 Å². The summed E-state index contributed by atoms with van der Waals surface area (Å²) in [5.74, 6) is 0.510. The van der Waals surface area contributed by atoms with Crippen LogP contribution in [0.2, 0.25) is 0 Å². The third-order valence-corrected chi connectivity index (χ3v) is 3.66. The van der Waals surface area contributed by atoms with Gasteiger partial charge in [0.15, 0.2) is 17.3 Å². The van der Waals surface area contributed by atoms with Gasteiger partial charge in [-0.1, -0.05) is 24.4 Å². The monoisotopic (exact) mass is 279 g/mol. The predicted octanol–water partition coefficient (Wildman–Crippen LogP) is 0.702. The summed E-state index contributed by atoms with van der Waals surface area (Å²) in [6.45, 7) is 0.498. The fourth-order valence-corrected chi connectivity index (χ4v) is 2.73. The van der Waals surface area contributed by atoms with Gasteiger partial charge in [0.25, 0.3) is 0 Å². The maximum atomic E-state index is 9.31. The third-order valence-electron chi connectivity index (χ3n) is 3.66. The van der Waals surface area contributed by atoms with Crippen LogP contribution >= 0.6 is 0 Å². The quantitative estimate of drug-likeness (QED) is 0.317. The van der Waals surface area contributed by atoms with Gasteiger partial charge in [0.2, 0.25) is 0 Å². The van der Waals surface area contributed by atoms with Crippen molar-refractivity contribution in [3.05, 3.63) is 18.1 Å². The Kier molecular flexibility index (Phi) is 5.11. The molecular weight excluding hydrogens is 258 g/mol. The van der Waals surface area contributed by atoms with E-state index in [9.17, 15) is 5.11 Å². The van der Waals surface area contributed by atoms with E-state index in [1.807, 2.05) is 4.90 Å². The van der Waals surface area contributed by atoms with Crippen LogP contribution < -0.4 is 10.6 Å². The molecule has 1 heterocycles. The summed E-state index contributed by atoms with van der Waals surface area (Å²) < 4.78 is 0. The highest BCUT2D eigenvalue weighted by molar-refractivity contribution is 5.99. The molecule has 1 aromatic heterocycles. The Morgan fingerprint density at radius 2 is 2.00 bits per heavy atom. The zero-order valence-electron chi connectivity index (χ0n) is 11.4. The number of aliphatic hydroxyl groups is 1. The summed E-state index contributed by atoms with van der Waals surface area (Å²) in [6, 6.07) is 0.317. The average Bonchev–Trinajstić information content (AvgIpc) is 2.53. The molecule has 7 heteroatoms. The van der Waals surface area contributed by atoms with Crippen LogP contribution in [0.4, 0.5) is 5.82 Å². The summed E-state index contributed by atoms with van der Waals surface area (Å²) in [5.41, 5.74) is 6.02. The molecule has 0 unspecified atom stereocenters. The van der Waals surface area contributed by atoms with E-state index < -0.39 is 0 Å². The second-order valence-electron chi connectivity index (χ2n) is 4.92.